The van der Waals surface area contributed by atoms with Crippen molar-refractivity contribution < 1.29 is 4.79 Å². The minimum atomic E-state index is 0.179. The van der Waals surface area contributed by atoms with Crippen LogP contribution in [0.1, 0.15) is 65.0 Å². The summed E-state index contributed by atoms with van der Waals surface area (Å²) in [5.41, 5.74) is 23.9. The first-order chi connectivity index (χ1) is 16.7. The molecule has 0 saturated heterocycles. The molecular weight excluding hydrogens is 452 g/mol. The average molecular weight is 495 g/mol. The first-order valence-corrected chi connectivity index (χ1v) is 13.5. The van der Waals surface area contributed by atoms with Crippen LogP contribution in [0.5, 0.6) is 0 Å². The minimum absolute atomic E-state index is 0.179. The maximum absolute atomic E-state index is 8.81. The smallest absolute Gasteiger partial charge is 0.125 e. The zero-order valence-corrected chi connectivity index (χ0v) is 22.7. The molecule has 6 heteroatoms. The monoisotopic (exact) mass is 494 g/mol. The van der Waals surface area contributed by atoms with Crippen LogP contribution in [0.25, 0.3) is 0 Å². The topological polar surface area (TPSA) is 107 Å². The number of rotatable bonds is 5. The zero-order valence-electron chi connectivity index (χ0n) is 21.9. The van der Waals surface area contributed by atoms with Crippen LogP contribution in [-0.2, 0) is 16.6 Å². The second kappa shape index (κ2) is 13.4. The Morgan fingerprint density at radius 2 is 1.77 bits per heavy atom. The van der Waals surface area contributed by atoms with E-state index in [1.54, 1.807) is 0 Å². The number of carbonyl (C=O) groups excluding carboxylic acids is 1. The second-order valence-corrected chi connectivity index (χ2v) is 10.6. The largest absolute Gasteiger partial charge is 0.402 e. The summed E-state index contributed by atoms with van der Waals surface area (Å²) in [7, 11) is 0. The van der Waals surface area contributed by atoms with Crippen LogP contribution in [0, 0.1) is 11.8 Å². The van der Waals surface area contributed by atoms with Crippen molar-refractivity contribution in [3.05, 3.63) is 65.4 Å². The van der Waals surface area contributed by atoms with Gasteiger partial charge in [0.05, 0.1) is 5.69 Å². The molecule has 5 nitrogen and oxygen atoms in total. The van der Waals surface area contributed by atoms with Crippen molar-refractivity contribution in [3.63, 3.8) is 0 Å². The number of hydrogen-bond acceptors (Lipinski definition) is 5. The van der Waals surface area contributed by atoms with Crippen molar-refractivity contribution >= 4 is 35.3 Å². The summed E-state index contributed by atoms with van der Waals surface area (Å²) in [6.07, 6.45) is 7.10. The number of aliphatic imine (C=N–C) groups is 1. The number of fused-ring (bicyclic) bond motifs is 1. The second-order valence-electron chi connectivity index (χ2n) is 9.59. The molecule has 190 valence electrons. The number of aldehydes is 1. The van der Waals surface area contributed by atoms with E-state index >= 15 is 0 Å². The van der Waals surface area contributed by atoms with E-state index in [0.29, 0.717) is 17.7 Å². The molecule has 1 fully saturated rings. The number of benzene rings is 2. The first-order valence-electron chi connectivity index (χ1n) is 12.5. The molecule has 2 aliphatic rings. The van der Waals surface area contributed by atoms with Crippen molar-refractivity contribution in [1.82, 2.24) is 0 Å². The normalized spacial score (nSPS) is 20.7. The summed E-state index contributed by atoms with van der Waals surface area (Å²) >= 11 is 1.91. The molecule has 0 radical (unpaired) electrons. The van der Waals surface area contributed by atoms with Crippen LogP contribution in [0.3, 0.4) is 0 Å². The fourth-order valence-electron chi connectivity index (χ4n) is 4.60. The Balaban J connectivity index is 0.000000803. The van der Waals surface area contributed by atoms with Gasteiger partial charge in [0.25, 0.3) is 0 Å². The average Bonchev–Trinajstić information content (AvgIpc) is 3.41. The van der Waals surface area contributed by atoms with Crippen LogP contribution in [0.2, 0.25) is 0 Å². The van der Waals surface area contributed by atoms with Gasteiger partial charge >= 0.3 is 0 Å². The fraction of sp³-hybridized carbons (Fsp3) is 0.448. The molecule has 4 rings (SSSR count). The SMILES string of the molecule is CC.CC1(C)CSc2ccc(N=C(N)/C=C(\N)C3CCC(Cc4ccc(N)cc4)C3)cc21.CC=O. The Morgan fingerprint density at radius 3 is 2.43 bits per heavy atom. The zero-order chi connectivity index (χ0) is 26.0. The van der Waals surface area contributed by atoms with Gasteiger partial charge in [-0.1, -0.05) is 39.8 Å². The first kappa shape index (κ1) is 28.5. The maximum Gasteiger partial charge on any atom is 0.125 e. The molecule has 0 amide bonds. The van der Waals surface area contributed by atoms with Gasteiger partial charge in [-0.3, -0.25) is 0 Å². The highest BCUT2D eigenvalue weighted by Gasteiger charge is 2.30. The highest BCUT2D eigenvalue weighted by atomic mass is 32.2. The Bertz CT molecular complexity index is 1030. The van der Waals surface area contributed by atoms with Gasteiger partial charge in [-0.25, -0.2) is 4.99 Å². The standard InChI is InChI=1S/C25H32N4S.C2H4O.C2H6/c1-25(2)15-30-23-10-9-20(13-21(23)25)29-24(28)14-22(27)18-6-3-17(12-18)11-16-4-7-19(26)8-5-16;1-2-3;1-2/h4-5,7-10,13-14,17-18H,3,6,11-12,15,26-27H2,1-2H3,(H2,28,29);2H,1H3;1-2H3/b22-14-;;. The molecule has 1 saturated carbocycles. The third-order valence-corrected chi connectivity index (χ3v) is 7.90. The number of nitrogens with two attached hydrogens (primary N) is 3. The van der Waals surface area contributed by atoms with E-state index in [4.69, 9.17) is 22.0 Å². The molecule has 35 heavy (non-hydrogen) atoms. The maximum atomic E-state index is 8.81. The number of carbonyl (C=O) groups is 1. The molecule has 2 atom stereocenters. The van der Waals surface area contributed by atoms with Crippen LogP contribution in [-0.4, -0.2) is 17.9 Å². The third kappa shape index (κ3) is 8.17. The van der Waals surface area contributed by atoms with E-state index in [2.05, 4.69) is 43.1 Å². The van der Waals surface area contributed by atoms with Gasteiger partial charge in [0.1, 0.15) is 12.1 Å². The summed E-state index contributed by atoms with van der Waals surface area (Å²) in [6.45, 7) is 10.0. The van der Waals surface area contributed by atoms with E-state index in [9.17, 15) is 0 Å². The van der Waals surface area contributed by atoms with E-state index in [1.807, 2.05) is 49.9 Å². The number of allylic oxidation sites excluding steroid dienone is 1. The fourth-order valence-corrected chi connectivity index (χ4v) is 5.93. The van der Waals surface area contributed by atoms with Crippen LogP contribution < -0.4 is 17.2 Å². The minimum Gasteiger partial charge on any atom is -0.402 e. The molecule has 6 N–H and O–H groups in total. The number of hydrogen-bond donors (Lipinski definition) is 3. The lowest BCUT2D eigenvalue weighted by molar-refractivity contribution is -0.106. The Hall–Kier alpha value is -2.73. The number of anilines is 1. The van der Waals surface area contributed by atoms with Gasteiger partial charge in [-0.2, -0.15) is 0 Å². The van der Waals surface area contributed by atoms with Gasteiger partial charge in [0, 0.05) is 27.4 Å². The lowest BCUT2D eigenvalue weighted by Gasteiger charge is -2.17. The molecule has 1 heterocycles. The van der Waals surface area contributed by atoms with Crippen LogP contribution >= 0.6 is 11.8 Å². The molecule has 0 bridgehead atoms. The molecule has 2 aromatic rings. The lowest BCUT2D eigenvalue weighted by atomic mass is 9.87. The molecule has 2 unspecified atom stereocenters. The van der Waals surface area contributed by atoms with E-state index in [0.717, 1.165) is 48.4 Å². The molecule has 1 aliphatic heterocycles. The van der Waals surface area contributed by atoms with Crippen molar-refractivity contribution in [2.45, 2.75) is 70.6 Å². The summed E-state index contributed by atoms with van der Waals surface area (Å²) in [6, 6.07) is 14.6. The number of nitrogens with zero attached hydrogens (tertiary/aromatic N) is 1. The number of thioether (sulfide) groups is 1. The van der Waals surface area contributed by atoms with Gasteiger partial charge in [0.15, 0.2) is 0 Å². The van der Waals surface area contributed by atoms with E-state index in [1.165, 1.54) is 29.4 Å². The number of amidine groups is 1. The van der Waals surface area contributed by atoms with E-state index < -0.39 is 0 Å². The van der Waals surface area contributed by atoms with E-state index in [-0.39, 0.29) is 5.41 Å². The van der Waals surface area contributed by atoms with Crippen LogP contribution in [0.15, 0.2) is 64.1 Å². The van der Waals surface area contributed by atoms with Crippen LogP contribution in [0.4, 0.5) is 11.4 Å². The Morgan fingerprint density at radius 1 is 1.11 bits per heavy atom. The van der Waals surface area contributed by atoms with Crippen molar-refractivity contribution in [2.24, 2.45) is 28.3 Å². The lowest BCUT2D eigenvalue weighted by Crippen LogP contribution is -2.16. The predicted octanol–water partition coefficient (Wildman–Crippen LogP) is 6.37. The number of nitrogen functional groups attached to an aromatic ring is 1. The van der Waals surface area contributed by atoms with Gasteiger partial charge < -0.3 is 22.0 Å². The molecule has 2 aromatic carbocycles. The van der Waals surface area contributed by atoms with Crippen molar-refractivity contribution in [3.8, 4) is 0 Å². The predicted molar refractivity (Wildman–Crippen MR) is 152 cm³/mol. The summed E-state index contributed by atoms with van der Waals surface area (Å²) in [4.78, 5) is 14.8. The Labute approximate surface area is 215 Å². The summed E-state index contributed by atoms with van der Waals surface area (Å²) in [5, 5.41) is 0. The Kier molecular flexibility index (Phi) is 10.9. The quantitative estimate of drug-likeness (QED) is 0.194. The summed E-state index contributed by atoms with van der Waals surface area (Å²) < 4.78 is 0. The van der Waals surface area contributed by atoms with Gasteiger partial charge in [-0.15, -0.1) is 11.8 Å². The molecule has 0 spiro atoms. The molecule has 0 aromatic heterocycles. The van der Waals surface area contributed by atoms with Crippen molar-refractivity contribution in [2.75, 3.05) is 11.5 Å². The third-order valence-electron chi connectivity index (χ3n) is 6.37. The van der Waals surface area contributed by atoms with Gasteiger partial charge in [0.2, 0.25) is 0 Å². The van der Waals surface area contributed by atoms with Gasteiger partial charge in [-0.05, 0) is 92.0 Å². The van der Waals surface area contributed by atoms with Crippen molar-refractivity contribution in [1.29, 1.82) is 0 Å². The highest BCUT2D eigenvalue weighted by molar-refractivity contribution is 7.99. The summed E-state index contributed by atoms with van der Waals surface area (Å²) in [5.74, 6) is 2.63. The molecule has 1 aliphatic carbocycles. The molecular formula is C29H42N4OS. The highest BCUT2D eigenvalue weighted by Crippen LogP contribution is 2.44.